The normalized spacial score (nSPS) is 11.0. The molecule has 0 atom stereocenters. The Hall–Kier alpha value is -2.61. The fourth-order valence-electron chi connectivity index (χ4n) is 2.79. The average molecular weight is 374 g/mol. The lowest BCUT2D eigenvalue weighted by molar-refractivity contribution is -0.121. The van der Waals surface area contributed by atoms with Crippen LogP contribution in [0.15, 0.2) is 32.8 Å². The number of nitrogens with zero attached hydrogens (tertiary/aromatic N) is 3. The summed E-state index contributed by atoms with van der Waals surface area (Å²) in [4.78, 5) is 31.9. The van der Waals surface area contributed by atoms with E-state index in [9.17, 15) is 9.59 Å². The first-order valence-electron chi connectivity index (χ1n) is 8.58. The van der Waals surface area contributed by atoms with Crippen LogP contribution in [0.2, 0.25) is 0 Å². The van der Waals surface area contributed by atoms with Gasteiger partial charge in [-0.25, -0.2) is 4.98 Å². The van der Waals surface area contributed by atoms with Crippen LogP contribution < -0.4 is 15.8 Å². The Morgan fingerprint density at radius 2 is 2.08 bits per heavy atom. The summed E-state index contributed by atoms with van der Waals surface area (Å²) in [7, 11) is 0. The minimum atomic E-state index is -0.257. The molecular weight excluding hydrogens is 352 g/mol. The van der Waals surface area contributed by atoms with Gasteiger partial charge >= 0.3 is 0 Å². The van der Waals surface area contributed by atoms with Crippen LogP contribution in [0.5, 0.6) is 0 Å². The van der Waals surface area contributed by atoms with Gasteiger partial charge in [-0.15, -0.1) is 11.3 Å². The summed E-state index contributed by atoms with van der Waals surface area (Å²) in [6, 6.07) is 5.50. The maximum atomic E-state index is 12.9. The number of amides is 1. The Balaban J connectivity index is 1.87. The van der Waals surface area contributed by atoms with Crippen molar-refractivity contribution in [2.75, 3.05) is 18.0 Å². The summed E-state index contributed by atoms with van der Waals surface area (Å²) in [5, 5.41) is 4.64. The quantitative estimate of drug-likeness (QED) is 0.687. The number of nitrogens with one attached hydrogen (secondary N) is 1. The van der Waals surface area contributed by atoms with Gasteiger partial charge in [-0.1, -0.05) is 0 Å². The molecule has 0 aliphatic rings. The van der Waals surface area contributed by atoms with E-state index in [0.717, 1.165) is 5.76 Å². The van der Waals surface area contributed by atoms with Gasteiger partial charge < -0.3 is 14.6 Å². The third-order valence-electron chi connectivity index (χ3n) is 4.15. The van der Waals surface area contributed by atoms with Crippen molar-refractivity contribution in [2.24, 2.45) is 0 Å². The van der Waals surface area contributed by atoms with E-state index < -0.39 is 0 Å². The Bertz CT molecular complexity index is 968. The van der Waals surface area contributed by atoms with Gasteiger partial charge in [0, 0.05) is 13.1 Å². The smallest absolute Gasteiger partial charge is 0.273 e. The van der Waals surface area contributed by atoms with Crippen LogP contribution in [0.3, 0.4) is 0 Å². The van der Waals surface area contributed by atoms with E-state index in [0.29, 0.717) is 35.0 Å². The van der Waals surface area contributed by atoms with Gasteiger partial charge in [0.2, 0.25) is 11.9 Å². The molecule has 0 unspecified atom stereocenters. The summed E-state index contributed by atoms with van der Waals surface area (Å²) >= 11 is 1.34. The summed E-state index contributed by atoms with van der Waals surface area (Å²) in [6.07, 6.45) is 0. The second-order valence-electron chi connectivity index (χ2n) is 5.90. The molecule has 0 spiro atoms. The first kappa shape index (κ1) is 18.2. The predicted octanol–water partition coefficient (Wildman–Crippen LogP) is 2.52. The molecule has 0 fully saturated rings. The van der Waals surface area contributed by atoms with Gasteiger partial charge in [0.15, 0.2) is 0 Å². The largest absolute Gasteiger partial charge is 0.465 e. The molecule has 0 aliphatic carbocycles. The highest BCUT2D eigenvalue weighted by atomic mass is 32.1. The van der Waals surface area contributed by atoms with Crippen LogP contribution in [-0.4, -0.2) is 28.5 Å². The summed E-state index contributed by atoms with van der Waals surface area (Å²) in [5.41, 5.74) is 0.487. The fourth-order valence-corrected chi connectivity index (χ4v) is 3.57. The molecule has 0 aromatic carbocycles. The standard InChI is InChI=1S/C18H22N4O3S/c1-4-21(5-2)18-20-14-8-9-26-16(14)17(24)22(18)11-15(23)19-10-13-7-6-12(3)25-13/h6-9H,4-5,10-11H2,1-3H3,(H,19,23). The van der Waals surface area contributed by atoms with Gasteiger partial charge in [-0.3, -0.25) is 14.2 Å². The summed E-state index contributed by atoms with van der Waals surface area (Å²) in [5.74, 6) is 1.74. The number of aryl methyl sites for hydroxylation is 1. The first-order chi connectivity index (χ1) is 12.5. The van der Waals surface area contributed by atoms with E-state index in [1.807, 2.05) is 49.3 Å². The third-order valence-corrected chi connectivity index (χ3v) is 5.04. The van der Waals surface area contributed by atoms with Crippen LogP contribution >= 0.6 is 11.3 Å². The van der Waals surface area contributed by atoms with E-state index in [-0.39, 0.29) is 24.6 Å². The number of fused-ring (bicyclic) bond motifs is 1. The number of carbonyl (C=O) groups excluding carboxylic acids is 1. The highest BCUT2D eigenvalue weighted by Crippen LogP contribution is 2.19. The van der Waals surface area contributed by atoms with Crippen molar-refractivity contribution < 1.29 is 9.21 Å². The zero-order valence-electron chi connectivity index (χ0n) is 15.1. The van der Waals surface area contributed by atoms with E-state index in [1.54, 1.807) is 0 Å². The molecule has 3 aromatic heterocycles. The molecule has 0 radical (unpaired) electrons. The van der Waals surface area contributed by atoms with Crippen LogP contribution in [0.4, 0.5) is 5.95 Å². The average Bonchev–Trinajstić information content (AvgIpc) is 3.26. The molecule has 7 nitrogen and oxygen atoms in total. The number of hydrogen-bond donors (Lipinski definition) is 1. The van der Waals surface area contributed by atoms with Crippen LogP contribution in [0.1, 0.15) is 25.4 Å². The molecule has 3 aromatic rings. The number of carbonyl (C=O) groups is 1. The molecule has 0 bridgehead atoms. The number of anilines is 1. The van der Waals surface area contributed by atoms with Crippen molar-refractivity contribution in [3.05, 3.63) is 45.5 Å². The molecule has 138 valence electrons. The van der Waals surface area contributed by atoms with Crippen molar-refractivity contribution in [2.45, 2.75) is 33.9 Å². The van der Waals surface area contributed by atoms with E-state index in [4.69, 9.17) is 4.42 Å². The van der Waals surface area contributed by atoms with E-state index in [1.165, 1.54) is 15.9 Å². The van der Waals surface area contributed by atoms with Crippen molar-refractivity contribution >= 4 is 33.4 Å². The molecule has 3 heterocycles. The number of aromatic nitrogens is 2. The first-order valence-corrected chi connectivity index (χ1v) is 9.46. The summed E-state index contributed by atoms with van der Waals surface area (Å²) < 4.78 is 7.47. The van der Waals surface area contributed by atoms with E-state index >= 15 is 0 Å². The number of thiophene rings is 1. The van der Waals surface area contributed by atoms with Crippen molar-refractivity contribution in [3.63, 3.8) is 0 Å². The van der Waals surface area contributed by atoms with Crippen molar-refractivity contribution in [1.29, 1.82) is 0 Å². The molecule has 26 heavy (non-hydrogen) atoms. The van der Waals surface area contributed by atoms with E-state index in [2.05, 4.69) is 10.3 Å². The molecule has 3 rings (SSSR count). The maximum absolute atomic E-state index is 12.9. The monoisotopic (exact) mass is 374 g/mol. The van der Waals surface area contributed by atoms with Gasteiger partial charge in [-0.05, 0) is 44.4 Å². The van der Waals surface area contributed by atoms with Crippen molar-refractivity contribution in [3.8, 4) is 0 Å². The van der Waals surface area contributed by atoms with Crippen LogP contribution in [0.25, 0.3) is 10.2 Å². The minimum Gasteiger partial charge on any atom is -0.465 e. The molecule has 1 N–H and O–H groups in total. The lowest BCUT2D eigenvalue weighted by atomic mass is 10.4. The molecule has 1 amide bonds. The van der Waals surface area contributed by atoms with Crippen LogP contribution in [-0.2, 0) is 17.9 Å². The Morgan fingerprint density at radius 3 is 2.73 bits per heavy atom. The Morgan fingerprint density at radius 1 is 1.31 bits per heavy atom. The molecule has 0 saturated carbocycles. The van der Waals surface area contributed by atoms with Gasteiger partial charge in [0.25, 0.3) is 5.56 Å². The zero-order valence-corrected chi connectivity index (χ0v) is 15.9. The minimum absolute atomic E-state index is 0.0782. The van der Waals surface area contributed by atoms with Gasteiger partial charge in [-0.2, -0.15) is 0 Å². The second kappa shape index (κ2) is 7.74. The maximum Gasteiger partial charge on any atom is 0.273 e. The predicted molar refractivity (Wildman–Crippen MR) is 103 cm³/mol. The Labute approximate surface area is 155 Å². The highest BCUT2D eigenvalue weighted by Gasteiger charge is 2.18. The molecule has 8 heteroatoms. The lowest BCUT2D eigenvalue weighted by Gasteiger charge is -2.23. The molecule has 0 saturated heterocycles. The SMILES string of the molecule is CCN(CC)c1nc2ccsc2c(=O)n1CC(=O)NCc1ccc(C)o1. The third kappa shape index (κ3) is 3.65. The number of furan rings is 1. The zero-order chi connectivity index (χ0) is 18.7. The molecular formula is C18H22N4O3S. The van der Waals surface area contributed by atoms with Gasteiger partial charge in [0.1, 0.15) is 22.8 Å². The fraction of sp³-hybridized carbons (Fsp3) is 0.389. The lowest BCUT2D eigenvalue weighted by Crippen LogP contribution is -2.37. The summed E-state index contributed by atoms with van der Waals surface area (Å²) in [6.45, 7) is 7.46. The van der Waals surface area contributed by atoms with Crippen LogP contribution in [0, 0.1) is 6.92 Å². The molecule has 0 aliphatic heterocycles. The number of hydrogen-bond acceptors (Lipinski definition) is 6. The van der Waals surface area contributed by atoms with Gasteiger partial charge in [0.05, 0.1) is 12.1 Å². The second-order valence-corrected chi connectivity index (χ2v) is 6.82. The highest BCUT2D eigenvalue weighted by molar-refractivity contribution is 7.17. The Kier molecular flexibility index (Phi) is 5.41. The topological polar surface area (TPSA) is 80.4 Å². The van der Waals surface area contributed by atoms with Crippen molar-refractivity contribution in [1.82, 2.24) is 14.9 Å². The number of rotatable bonds is 7.